The van der Waals surface area contributed by atoms with Crippen LogP contribution < -0.4 is 11.5 Å². The smallest absolute Gasteiger partial charge is 0.148 e. The molecule has 1 atom stereocenters. The van der Waals surface area contributed by atoms with E-state index in [0.717, 1.165) is 11.1 Å². The molecule has 4 N–H and O–H groups in total. The van der Waals surface area contributed by atoms with E-state index in [1.54, 1.807) is 6.07 Å². The second-order valence-electron chi connectivity index (χ2n) is 7.12. The summed E-state index contributed by atoms with van der Waals surface area (Å²) in [7, 11) is 0. The summed E-state index contributed by atoms with van der Waals surface area (Å²) in [6.07, 6.45) is 3.96. The summed E-state index contributed by atoms with van der Waals surface area (Å²) in [5.41, 5.74) is 13.8. The third kappa shape index (κ3) is 5.33. The fourth-order valence-corrected chi connectivity index (χ4v) is 2.41. The highest BCUT2D eigenvalue weighted by atomic mass is 19.1. The van der Waals surface area contributed by atoms with Crippen molar-refractivity contribution >= 4 is 17.5 Å². The van der Waals surface area contributed by atoms with Crippen molar-refractivity contribution in [2.45, 2.75) is 27.4 Å². The Morgan fingerprint density at radius 3 is 2.48 bits per heavy atom. The molecule has 1 unspecified atom stereocenters. The van der Waals surface area contributed by atoms with Crippen molar-refractivity contribution in [1.29, 1.82) is 0 Å². The van der Waals surface area contributed by atoms with Crippen molar-refractivity contribution in [2.75, 3.05) is 18.1 Å². The molecule has 0 aliphatic carbocycles. The minimum atomic E-state index is -0.489. The van der Waals surface area contributed by atoms with E-state index in [-0.39, 0.29) is 17.0 Å². The molecule has 134 valence electrons. The van der Waals surface area contributed by atoms with E-state index in [9.17, 15) is 4.39 Å². The molecule has 2 aromatic rings. The van der Waals surface area contributed by atoms with Crippen LogP contribution in [0.25, 0.3) is 6.08 Å². The standard InChI is InChI=1S/C21H27FN2O/c1-15(9-10-17-11-20(24)18(22)12-19(17)23)21(2,3)14-25-13-16-7-5-4-6-8-16/h4-12,15H,13-14,23-24H2,1-3H3/b10-9+. The molecule has 4 heteroatoms. The summed E-state index contributed by atoms with van der Waals surface area (Å²) in [5, 5.41) is 0. The molecule has 0 fully saturated rings. The highest BCUT2D eigenvalue weighted by Crippen LogP contribution is 2.30. The van der Waals surface area contributed by atoms with Crippen LogP contribution in [0.15, 0.2) is 48.5 Å². The van der Waals surface area contributed by atoms with Gasteiger partial charge in [-0.15, -0.1) is 0 Å². The topological polar surface area (TPSA) is 61.3 Å². The van der Waals surface area contributed by atoms with Crippen LogP contribution in [-0.4, -0.2) is 6.61 Å². The Hall–Kier alpha value is -2.33. The molecule has 2 rings (SSSR count). The maximum atomic E-state index is 13.4. The van der Waals surface area contributed by atoms with Gasteiger partial charge in [0, 0.05) is 5.69 Å². The number of nitrogen functional groups attached to an aromatic ring is 2. The van der Waals surface area contributed by atoms with Crippen LogP contribution in [0, 0.1) is 17.2 Å². The van der Waals surface area contributed by atoms with Crippen molar-refractivity contribution < 1.29 is 9.13 Å². The summed E-state index contributed by atoms with van der Waals surface area (Å²) in [6, 6.07) is 12.9. The molecule has 2 aromatic carbocycles. The van der Waals surface area contributed by atoms with Crippen molar-refractivity contribution in [1.82, 2.24) is 0 Å². The predicted molar refractivity (Wildman–Crippen MR) is 103 cm³/mol. The zero-order chi connectivity index (χ0) is 18.4. The van der Waals surface area contributed by atoms with Crippen LogP contribution in [0.2, 0.25) is 0 Å². The maximum Gasteiger partial charge on any atom is 0.148 e. The number of allylic oxidation sites excluding steroid dienone is 1. The zero-order valence-corrected chi connectivity index (χ0v) is 15.1. The predicted octanol–water partition coefficient (Wildman–Crippen LogP) is 4.88. The summed E-state index contributed by atoms with van der Waals surface area (Å²) < 4.78 is 19.3. The molecule has 3 nitrogen and oxygen atoms in total. The molecule has 0 aliphatic rings. The van der Waals surface area contributed by atoms with Crippen molar-refractivity contribution in [3.8, 4) is 0 Å². The molecule has 25 heavy (non-hydrogen) atoms. The Kier molecular flexibility index (Phi) is 6.21. The lowest BCUT2D eigenvalue weighted by Crippen LogP contribution is -2.26. The van der Waals surface area contributed by atoms with Crippen LogP contribution in [0.4, 0.5) is 15.8 Å². The van der Waals surface area contributed by atoms with Crippen molar-refractivity contribution in [3.63, 3.8) is 0 Å². The Morgan fingerprint density at radius 2 is 1.80 bits per heavy atom. The van der Waals surface area contributed by atoms with Crippen LogP contribution in [0.5, 0.6) is 0 Å². The second-order valence-corrected chi connectivity index (χ2v) is 7.12. The molecule has 0 radical (unpaired) electrons. The Morgan fingerprint density at radius 1 is 1.12 bits per heavy atom. The van der Waals surface area contributed by atoms with Gasteiger partial charge in [-0.25, -0.2) is 4.39 Å². The minimum absolute atomic E-state index is 0.0500. The van der Waals surface area contributed by atoms with Gasteiger partial charge in [0.2, 0.25) is 0 Å². The van der Waals surface area contributed by atoms with Gasteiger partial charge in [0.25, 0.3) is 0 Å². The first kappa shape index (κ1) is 19.0. The fraction of sp³-hybridized carbons (Fsp3) is 0.333. The van der Waals surface area contributed by atoms with Crippen LogP contribution in [-0.2, 0) is 11.3 Å². The molecule has 0 bridgehead atoms. The number of hydrogen-bond donors (Lipinski definition) is 2. The van der Waals surface area contributed by atoms with Crippen LogP contribution >= 0.6 is 0 Å². The third-order valence-electron chi connectivity index (χ3n) is 4.59. The first-order chi connectivity index (χ1) is 11.8. The number of anilines is 2. The van der Waals surface area contributed by atoms with E-state index in [1.807, 2.05) is 24.3 Å². The van der Waals surface area contributed by atoms with Gasteiger partial charge in [0.15, 0.2) is 0 Å². The average Bonchev–Trinajstić information content (AvgIpc) is 2.57. The number of hydrogen-bond acceptors (Lipinski definition) is 3. The first-order valence-corrected chi connectivity index (χ1v) is 8.44. The van der Waals surface area contributed by atoms with Gasteiger partial charge in [0.05, 0.1) is 18.9 Å². The molecule has 0 saturated heterocycles. The van der Waals surface area contributed by atoms with Gasteiger partial charge >= 0.3 is 0 Å². The number of nitrogens with two attached hydrogens (primary N) is 2. The SMILES string of the molecule is CC(/C=C/c1cc(N)c(F)cc1N)C(C)(C)COCc1ccccc1. The molecule has 0 spiro atoms. The highest BCUT2D eigenvalue weighted by Gasteiger charge is 2.24. The van der Waals surface area contributed by atoms with E-state index >= 15 is 0 Å². The fourth-order valence-electron chi connectivity index (χ4n) is 2.41. The van der Waals surface area contributed by atoms with E-state index < -0.39 is 5.82 Å². The quantitative estimate of drug-likeness (QED) is 0.705. The van der Waals surface area contributed by atoms with Crippen molar-refractivity contribution in [2.24, 2.45) is 11.3 Å². The molecule has 0 amide bonds. The van der Waals surface area contributed by atoms with Gasteiger partial charge in [-0.3, -0.25) is 0 Å². The zero-order valence-electron chi connectivity index (χ0n) is 15.1. The first-order valence-electron chi connectivity index (χ1n) is 8.44. The van der Waals surface area contributed by atoms with Crippen molar-refractivity contribution in [3.05, 3.63) is 65.5 Å². The second kappa shape index (κ2) is 8.17. The summed E-state index contributed by atoms with van der Waals surface area (Å²) >= 11 is 0. The summed E-state index contributed by atoms with van der Waals surface area (Å²) in [4.78, 5) is 0. The summed E-state index contributed by atoms with van der Waals surface area (Å²) in [6.45, 7) is 7.69. The minimum Gasteiger partial charge on any atom is -0.398 e. The number of halogens is 1. The molecule has 0 aliphatic heterocycles. The highest BCUT2D eigenvalue weighted by molar-refractivity contribution is 5.69. The van der Waals surface area contributed by atoms with Crippen LogP contribution in [0.1, 0.15) is 31.9 Å². The molecule has 0 aromatic heterocycles. The van der Waals surface area contributed by atoms with E-state index in [4.69, 9.17) is 16.2 Å². The normalized spacial score (nSPS) is 13.3. The van der Waals surface area contributed by atoms with Crippen LogP contribution in [0.3, 0.4) is 0 Å². The Bertz CT molecular complexity index is 726. The van der Waals surface area contributed by atoms with E-state index in [2.05, 4.69) is 39.0 Å². The van der Waals surface area contributed by atoms with Gasteiger partial charge in [-0.1, -0.05) is 63.3 Å². The maximum absolute atomic E-state index is 13.4. The lowest BCUT2D eigenvalue weighted by atomic mass is 9.80. The van der Waals surface area contributed by atoms with Gasteiger partial charge in [-0.2, -0.15) is 0 Å². The molecular weight excluding hydrogens is 315 g/mol. The Labute approximate surface area is 149 Å². The average molecular weight is 342 g/mol. The lowest BCUT2D eigenvalue weighted by Gasteiger charge is -2.29. The molecule has 0 heterocycles. The Balaban J connectivity index is 1.96. The number of rotatable bonds is 7. The van der Waals surface area contributed by atoms with Gasteiger partial charge in [0.1, 0.15) is 5.82 Å². The number of ether oxygens (including phenoxy) is 1. The number of benzene rings is 2. The van der Waals surface area contributed by atoms with E-state index in [1.165, 1.54) is 6.07 Å². The summed E-state index contributed by atoms with van der Waals surface area (Å²) in [5.74, 6) is -0.244. The van der Waals surface area contributed by atoms with E-state index in [0.29, 0.717) is 18.9 Å². The molecule has 0 saturated carbocycles. The monoisotopic (exact) mass is 342 g/mol. The molecular formula is C21H27FN2O. The van der Waals surface area contributed by atoms with Gasteiger partial charge < -0.3 is 16.2 Å². The third-order valence-corrected chi connectivity index (χ3v) is 4.59. The lowest BCUT2D eigenvalue weighted by molar-refractivity contribution is 0.0342. The van der Waals surface area contributed by atoms with Gasteiger partial charge in [-0.05, 0) is 34.6 Å². The largest absolute Gasteiger partial charge is 0.398 e.